The van der Waals surface area contributed by atoms with E-state index in [4.69, 9.17) is 9.31 Å². The molecule has 0 amide bonds. The van der Waals surface area contributed by atoms with Gasteiger partial charge in [0.25, 0.3) is 0 Å². The monoisotopic (exact) mass is 233 g/mol. The first kappa shape index (κ1) is 12.6. The SMILES string of the molecule is Cc1cncc(B2OC(C)(C)C(C)(C)O2)c1C. The molecule has 0 N–H and O–H groups in total. The van der Waals surface area contributed by atoms with Crippen LogP contribution in [0.4, 0.5) is 0 Å². The van der Waals surface area contributed by atoms with Gasteiger partial charge >= 0.3 is 7.12 Å². The molecule has 4 heteroatoms. The van der Waals surface area contributed by atoms with Gasteiger partial charge in [0, 0.05) is 17.9 Å². The van der Waals surface area contributed by atoms with E-state index < -0.39 is 0 Å². The Bertz CT molecular complexity index is 427. The van der Waals surface area contributed by atoms with Crippen LogP contribution in [0.2, 0.25) is 0 Å². The Morgan fingerprint density at radius 1 is 1.00 bits per heavy atom. The molecule has 3 nitrogen and oxygen atoms in total. The second-order valence-electron chi connectivity index (χ2n) is 5.76. The van der Waals surface area contributed by atoms with Gasteiger partial charge in [0.15, 0.2) is 0 Å². The van der Waals surface area contributed by atoms with Crippen LogP contribution < -0.4 is 5.46 Å². The fraction of sp³-hybridized carbons (Fsp3) is 0.615. The van der Waals surface area contributed by atoms with Crippen molar-refractivity contribution < 1.29 is 9.31 Å². The summed E-state index contributed by atoms with van der Waals surface area (Å²) in [6.07, 6.45) is 3.70. The first-order valence-corrected chi connectivity index (χ1v) is 6.01. The van der Waals surface area contributed by atoms with Gasteiger partial charge in [-0.1, -0.05) is 0 Å². The summed E-state index contributed by atoms with van der Waals surface area (Å²) in [7, 11) is -0.313. The van der Waals surface area contributed by atoms with Gasteiger partial charge in [-0.15, -0.1) is 0 Å². The number of aromatic nitrogens is 1. The fourth-order valence-corrected chi connectivity index (χ4v) is 1.86. The summed E-state index contributed by atoms with van der Waals surface area (Å²) in [4.78, 5) is 4.23. The minimum atomic E-state index is -0.313. The van der Waals surface area contributed by atoms with Crippen LogP contribution in [-0.2, 0) is 9.31 Å². The van der Waals surface area contributed by atoms with Gasteiger partial charge in [-0.3, -0.25) is 4.98 Å². The molecule has 1 aromatic rings. The Hall–Kier alpha value is -0.865. The third-order valence-corrected chi connectivity index (χ3v) is 4.01. The summed E-state index contributed by atoms with van der Waals surface area (Å²) >= 11 is 0. The number of aryl methyl sites for hydroxylation is 1. The van der Waals surface area contributed by atoms with E-state index in [0.29, 0.717) is 0 Å². The number of hydrogen-bond acceptors (Lipinski definition) is 3. The van der Waals surface area contributed by atoms with Gasteiger partial charge in [0.05, 0.1) is 11.2 Å². The van der Waals surface area contributed by atoms with Crippen molar-refractivity contribution in [2.75, 3.05) is 0 Å². The zero-order chi connectivity index (χ0) is 12.8. The zero-order valence-electron chi connectivity index (χ0n) is 11.5. The van der Waals surface area contributed by atoms with Crippen molar-refractivity contribution in [2.24, 2.45) is 0 Å². The number of nitrogens with zero attached hydrogens (tertiary/aromatic N) is 1. The molecule has 0 bridgehead atoms. The Morgan fingerprint density at radius 2 is 1.53 bits per heavy atom. The maximum Gasteiger partial charge on any atom is 0.496 e. The van der Waals surface area contributed by atoms with E-state index in [1.807, 2.05) is 12.4 Å². The normalized spacial score (nSPS) is 21.9. The van der Waals surface area contributed by atoms with Crippen molar-refractivity contribution in [1.29, 1.82) is 0 Å². The zero-order valence-corrected chi connectivity index (χ0v) is 11.5. The van der Waals surface area contributed by atoms with Crippen molar-refractivity contribution in [3.63, 3.8) is 0 Å². The summed E-state index contributed by atoms with van der Waals surface area (Å²) < 4.78 is 12.0. The highest BCUT2D eigenvalue weighted by Crippen LogP contribution is 2.36. The molecule has 0 spiro atoms. The summed E-state index contributed by atoms with van der Waals surface area (Å²) in [6, 6.07) is 0. The van der Waals surface area contributed by atoms with Crippen molar-refractivity contribution in [3.8, 4) is 0 Å². The van der Waals surface area contributed by atoms with Crippen molar-refractivity contribution in [3.05, 3.63) is 23.5 Å². The fourth-order valence-electron chi connectivity index (χ4n) is 1.86. The minimum Gasteiger partial charge on any atom is -0.399 e. The lowest BCUT2D eigenvalue weighted by Gasteiger charge is -2.32. The van der Waals surface area contributed by atoms with E-state index in [1.165, 1.54) is 5.56 Å². The van der Waals surface area contributed by atoms with Gasteiger partial charge in [-0.25, -0.2) is 0 Å². The lowest BCUT2D eigenvalue weighted by Crippen LogP contribution is -2.41. The van der Waals surface area contributed by atoms with Crippen molar-refractivity contribution in [2.45, 2.75) is 52.7 Å². The van der Waals surface area contributed by atoms with Crippen LogP contribution >= 0.6 is 0 Å². The lowest BCUT2D eigenvalue weighted by atomic mass is 9.76. The van der Waals surface area contributed by atoms with E-state index in [1.54, 1.807) is 0 Å². The largest absolute Gasteiger partial charge is 0.496 e. The minimum absolute atomic E-state index is 0.298. The molecule has 0 unspecified atom stereocenters. The molecule has 0 aliphatic carbocycles. The lowest BCUT2D eigenvalue weighted by molar-refractivity contribution is 0.00578. The molecule has 0 radical (unpaired) electrons. The summed E-state index contributed by atoms with van der Waals surface area (Å²) in [5, 5.41) is 0. The predicted molar refractivity (Wildman–Crippen MR) is 69.4 cm³/mol. The Morgan fingerprint density at radius 3 is 2.06 bits per heavy atom. The van der Waals surface area contributed by atoms with Crippen molar-refractivity contribution >= 4 is 12.6 Å². The first-order valence-electron chi connectivity index (χ1n) is 6.01. The Balaban J connectivity index is 2.36. The van der Waals surface area contributed by atoms with Crippen LogP contribution in [0.3, 0.4) is 0 Å². The average molecular weight is 233 g/mol. The molecule has 1 aliphatic rings. The molecule has 2 heterocycles. The standard InChI is InChI=1S/C13H20BNO2/c1-9-7-15-8-11(10(9)2)14-16-12(3,4)13(5,6)17-14/h7-8H,1-6H3. The van der Waals surface area contributed by atoms with Crippen LogP contribution in [0, 0.1) is 13.8 Å². The van der Waals surface area contributed by atoms with E-state index in [-0.39, 0.29) is 18.3 Å². The molecule has 1 saturated heterocycles. The second-order valence-corrected chi connectivity index (χ2v) is 5.76. The van der Waals surface area contributed by atoms with Gasteiger partial charge in [-0.2, -0.15) is 0 Å². The molecule has 1 aromatic heterocycles. The highest BCUT2D eigenvalue weighted by Gasteiger charge is 2.52. The molecule has 1 aliphatic heterocycles. The maximum absolute atomic E-state index is 6.02. The Labute approximate surface area is 104 Å². The van der Waals surface area contributed by atoms with Gasteiger partial charge in [0.1, 0.15) is 0 Å². The first-order chi connectivity index (χ1) is 7.74. The molecule has 2 rings (SSSR count). The highest BCUT2D eigenvalue weighted by molar-refractivity contribution is 6.62. The van der Waals surface area contributed by atoms with Crippen LogP contribution in [0.1, 0.15) is 38.8 Å². The molecule has 0 aromatic carbocycles. The van der Waals surface area contributed by atoms with E-state index >= 15 is 0 Å². The van der Waals surface area contributed by atoms with E-state index in [2.05, 4.69) is 46.5 Å². The molecule has 0 atom stereocenters. The van der Waals surface area contributed by atoms with Crippen LogP contribution in [-0.4, -0.2) is 23.3 Å². The molecule has 1 fully saturated rings. The van der Waals surface area contributed by atoms with Crippen LogP contribution in [0.5, 0.6) is 0 Å². The summed E-state index contributed by atoms with van der Waals surface area (Å²) in [5.41, 5.74) is 2.79. The van der Waals surface area contributed by atoms with E-state index in [0.717, 1.165) is 11.0 Å². The van der Waals surface area contributed by atoms with Gasteiger partial charge < -0.3 is 9.31 Å². The topological polar surface area (TPSA) is 31.4 Å². The number of hydrogen-bond donors (Lipinski definition) is 0. The smallest absolute Gasteiger partial charge is 0.399 e. The molecule has 92 valence electrons. The van der Waals surface area contributed by atoms with Crippen LogP contribution in [0.15, 0.2) is 12.4 Å². The molecule has 17 heavy (non-hydrogen) atoms. The van der Waals surface area contributed by atoms with Crippen molar-refractivity contribution in [1.82, 2.24) is 4.98 Å². The number of rotatable bonds is 1. The van der Waals surface area contributed by atoms with Gasteiger partial charge in [0.2, 0.25) is 0 Å². The molecular weight excluding hydrogens is 213 g/mol. The third kappa shape index (κ3) is 2.00. The number of pyridine rings is 1. The highest BCUT2D eigenvalue weighted by atomic mass is 16.7. The molecule has 0 saturated carbocycles. The average Bonchev–Trinajstić information content (AvgIpc) is 2.40. The quantitative estimate of drug-likeness (QED) is 0.695. The maximum atomic E-state index is 6.02. The van der Waals surface area contributed by atoms with Gasteiger partial charge in [-0.05, 0) is 52.7 Å². The molecular formula is C13H20BNO2. The second kappa shape index (κ2) is 3.82. The predicted octanol–water partition coefficient (Wildman–Crippen LogP) is 2.00. The van der Waals surface area contributed by atoms with E-state index in [9.17, 15) is 0 Å². The Kier molecular flexibility index (Phi) is 2.83. The third-order valence-electron chi connectivity index (χ3n) is 4.01. The summed E-state index contributed by atoms with van der Waals surface area (Å²) in [6.45, 7) is 12.4. The summed E-state index contributed by atoms with van der Waals surface area (Å²) in [5.74, 6) is 0. The van der Waals surface area contributed by atoms with Crippen LogP contribution in [0.25, 0.3) is 0 Å².